The van der Waals surface area contributed by atoms with Crippen LogP contribution >= 0.6 is 11.6 Å². The van der Waals surface area contributed by atoms with Crippen LogP contribution in [0.1, 0.15) is 25.3 Å². The second-order valence-electron chi connectivity index (χ2n) is 5.03. The Labute approximate surface area is 114 Å². The zero-order valence-corrected chi connectivity index (χ0v) is 11.6. The molecule has 1 aliphatic heterocycles. The van der Waals surface area contributed by atoms with Crippen molar-refractivity contribution in [2.45, 2.75) is 32.4 Å². The summed E-state index contributed by atoms with van der Waals surface area (Å²) in [5.41, 5.74) is 0.785. The first-order valence-electron chi connectivity index (χ1n) is 6.59. The summed E-state index contributed by atoms with van der Waals surface area (Å²) in [6.45, 7) is 6.27. The minimum absolute atomic E-state index is 0.267. The molecule has 0 aromatic heterocycles. The van der Waals surface area contributed by atoms with Crippen LogP contribution in [0.3, 0.4) is 0 Å². The summed E-state index contributed by atoms with van der Waals surface area (Å²) in [5, 5.41) is 13.8. The smallest absolute Gasteiger partial charge is 0.121 e. The van der Waals surface area contributed by atoms with Crippen LogP contribution in [0.25, 0.3) is 0 Å². The van der Waals surface area contributed by atoms with Crippen LogP contribution in [-0.4, -0.2) is 35.7 Å². The number of halogens is 1. The van der Waals surface area contributed by atoms with Gasteiger partial charge in [-0.1, -0.05) is 17.7 Å². The molecule has 1 heterocycles. The van der Waals surface area contributed by atoms with Crippen LogP contribution in [-0.2, 0) is 6.54 Å². The molecule has 1 fully saturated rings. The summed E-state index contributed by atoms with van der Waals surface area (Å²) in [4.78, 5) is 2.48. The van der Waals surface area contributed by atoms with Crippen molar-refractivity contribution in [2.24, 2.45) is 0 Å². The summed E-state index contributed by atoms with van der Waals surface area (Å²) in [6.07, 6.45) is 2.63. The van der Waals surface area contributed by atoms with Crippen LogP contribution < -0.4 is 5.32 Å². The van der Waals surface area contributed by atoms with Gasteiger partial charge in [0, 0.05) is 29.7 Å². The molecule has 3 nitrogen and oxygen atoms in total. The van der Waals surface area contributed by atoms with E-state index in [4.69, 9.17) is 11.6 Å². The summed E-state index contributed by atoms with van der Waals surface area (Å²) < 4.78 is 0. The Hall–Kier alpha value is -0.770. The molecule has 2 N–H and O–H groups in total. The van der Waals surface area contributed by atoms with Gasteiger partial charge in [-0.05, 0) is 45.0 Å². The van der Waals surface area contributed by atoms with Gasteiger partial charge < -0.3 is 15.3 Å². The summed E-state index contributed by atoms with van der Waals surface area (Å²) in [7, 11) is 0. The topological polar surface area (TPSA) is 35.5 Å². The third-order valence-electron chi connectivity index (χ3n) is 3.45. The van der Waals surface area contributed by atoms with Crippen molar-refractivity contribution < 1.29 is 5.11 Å². The van der Waals surface area contributed by atoms with E-state index in [-0.39, 0.29) is 5.75 Å². The first kappa shape index (κ1) is 13.7. The van der Waals surface area contributed by atoms with Crippen molar-refractivity contribution in [1.29, 1.82) is 0 Å². The highest BCUT2D eigenvalue weighted by Crippen LogP contribution is 2.24. The fourth-order valence-corrected chi connectivity index (χ4v) is 2.65. The Morgan fingerprint density at radius 2 is 2.11 bits per heavy atom. The van der Waals surface area contributed by atoms with Gasteiger partial charge in [0.2, 0.25) is 0 Å². The molecule has 1 atom stereocenters. The molecule has 0 radical (unpaired) electrons. The third-order valence-corrected chi connectivity index (χ3v) is 3.81. The van der Waals surface area contributed by atoms with Crippen LogP contribution in [0.15, 0.2) is 18.2 Å². The van der Waals surface area contributed by atoms with Crippen molar-refractivity contribution >= 4 is 11.6 Å². The maximum atomic E-state index is 9.75. The molecule has 1 saturated heterocycles. The van der Waals surface area contributed by atoms with Gasteiger partial charge in [-0.15, -0.1) is 0 Å². The van der Waals surface area contributed by atoms with E-state index in [0.717, 1.165) is 12.1 Å². The van der Waals surface area contributed by atoms with Gasteiger partial charge in [0.05, 0.1) is 0 Å². The lowest BCUT2D eigenvalue weighted by molar-refractivity contribution is 0.297. The molecule has 4 heteroatoms. The summed E-state index contributed by atoms with van der Waals surface area (Å²) in [5.74, 6) is 0.267. The molecular weight excluding hydrogens is 248 g/mol. The highest BCUT2D eigenvalue weighted by molar-refractivity contribution is 6.31. The first-order valence-corrected chi connectivity index (χ1v) is 6.96. The highest BCUT2D eigenvalue weighted by atomic mass is 35.5. The largest absolute Gasteiger partial charge is 0.508 e. The number of rotatable bonds is 5. The highest BCUT2D eigenvalue weighted by Gasteiger charge is 2.15. The SMILES string of the molecule is CC(CN1CCCC1)NCc1c(O)cccc1Cl. The predicted octanol–water partition coefficient (Wildman–Crippen LogP) is 2.62. The Bertz CT molecular complexity index is 371. The lowest BCUT2D eigenvalue weighted by atomic mass is 10.2. The molecular formula is C14H21ClN2O. The maximum Gasteiger partial charge on any atom is 0.121 e. The number of hydrogen-bond acceptors (Lipinski definition) is 3. The minimum Gasteiger partial charge on any atom is -0.508 e. The fourth-order valence-electron chi connectivity index (χ4n) is 2.42. The van der Waals surface area contributed by atoms with Crippen molar-refractivity contribution in [3.05, 3.63) is 28.8 Å². The number of likely N-dealkylation sites (tertiary alicyclic amines) is 1. The second-order valence-corrected chi connectivity index (χ2v) is 5.43. The van der Waals surface area contributed by atoms with Gasteiger partial charge in [-0.3, -0.25) is 0 Å². The molecule has 18 heavy (non-hydrogen) atoms. The van der Waals surface area contributed by atoms with E-state index in [1.165, 1.54) is 25.9 Å². The number of nitrogens with one attached hydrogen (secondary N) is 1. The number of aromatic hydroxyl groups is 1. The van der Waals surface area contributed by atoms with E-state index in [9.17, 15) is 5.11 Å². The Morgan fingerprint density at radius 3 is 2.78 bits per heavy atom. The number of nitrogens with zero attached hydrogens (tertiary/aromatic N) is 1. The Kier molecular flexibility index (Phi) is 4.87. The molecule has 2 rings (SSSR count). The molecule has 0 aliphatic carbocycles. The van der Waals surface area contributed by atoms with Crippen molar-refractivity contribution in [1.82, 2.24) is 10.2 Å². The first-order chi connectivity index (χ1) is 8.66. The van der Waals surface area contributed by atoms with Crippen LogP contribution in [0.4, 0.5) is 0 Å². The maximum absolute atomic E-state index is 9.75. The van der Waals surface area contributed by atoms with Gasteiger partial charge in [0.25, 0.3) is 0 Å². The molecule has 0 spiro atoms. The monoisotopic (exact) mass is 268 g/mol. The van der Waals surface area contributed by atoms with E-state index in [1.54, 1.807) is 12.1 Å². The lowest BCUT2D eigenvalue weighted by Crippen LogP contribution is -2.37. The van der Waals surface area contributed by atoms with Crippen molar-refractivity contribution in [3.8, 4) is 5.75 Å². The quantitative estimate of drug-likeness (QED) is 0.862. The molecule has 1 aromatic rings. The molecule has 0 saturated carbocycles. The zero-order valence-electron chi connectivity index (χ0n) is 10.8. The van der Waals surface area contributed by atoms with Crippen molar-refractivity contribution in [2.75, 3.05) is 19.6 Å². The average Bonchev–Trinajstić information content (AvgIpc) is 2.81. The van der Waals surface area contributed by atoms with Crippen LogP contribution in [0.2, 0.25) is 5.02 Å². The van der Waals surface area contributed by atoms with E-state index >= 15 is 0 Å². The standard InChI is InChI=1S/C14H21ClN2O/c1-11(10-17-7-2-3-8-17)16-9-12-13(15)5-4-6-14(12)18/h4-6,11,16,18H,2-3,7-10H2,1H3. The number of benzene rings is 1. The Morgan fingerprint density at radius 1 is 1.39 bits per heavy atom. The number of phenols is 1. The van der Waals surface area contributed by atoms with Gasteiger partial charge >= 0.3 is 0 Å². The van der Waals surface area contributed by atoms with Gasteiger partial charge in [0.1, 0.15) is 5.75 Å². The van der Waals surface area contributed by atoms with Crippen molar-refractivity contribution in [3.63, 3.8) is 0 Å². The van der Waals surface area contributed by atoms with Gasteiger partial charge in [-0.25, -0.2) is 0 Å². The summed E-state index contributed by atoms with van der Waals surface area (Å²) >= 11 is 6.07. The molecule has 1 unspecified atom stereocenters. The second kappa shape index (κ2) is 6.41. The van der Waals surface area contributed by atoms with E-state index in [2.05, 4.69) is 17.1 Å². The molecule has 1 aromatic carbocycles. The van der Waals surface area contributed by atoms with E-state index in [1.807, 2.05) is 6.07 Å². The molecule has 1 aliphatic rings. The minimum atomic E-state index is 0.267. The normalized spacial score (nSPS) is 18.1. The van der Waals surface area contributed by atoms with E-state index in [0.29, 0.717) is 17.6 Å². The lowest BCUT2D eigenvalue weighted by Gasteiger charge is -2.21. The fraction of sp³-hybridized carbons (Fsp3) is 0.571. The van der Waals surface area contributed by atoms with Gasteiger partial charge in [-0.2, -0.15) is 0 Å². The number of phenolic OH excluding ortho intramolecular Hbond substituents is 1. The number of hydrogen-bond donors (Lipinski definition) is 2. The van der Waals surface area contributed by atoms with Crippen LogP contribution in [0, 0.1) is 0 Å². The molecule has 0 bridgehead atoms. The zero-order chi connectivity index (χ0) is 13.0. The van der Waals surface area contributed by atoms with E-state index < -0.39 is 0 Å². The Balaban J connectivity index is 1.83. The average molecular weight is 269 g/mol. The van der Waals surface area contributed by atoms with Gasteiger partial charge in [0.15, 0.2) is 0 Å². The molecule has 100 valence electrons. The predicted molar refractivity (Wildman–Crippen MR) is 75.1 cm³/mol. The third kappa shape index (κ3) is 3.61. The molecule has 0 amide bonds. The summed E-state index contributed by atoms with van der Waals surface area (Å²) in [6, 6.07) is 5.64. The van der Waals surface area contributed by atoms with Crippen LogP contribution in [0.5, 0.6) is 5.75 Å².